The number of hydrogen-bond donors (Lipinski definition) is 0. The van der Waals surface area contributed by atoms with Gasteiger partial charge < -0.3 is 0 Å². The smallest absolute Gasteiger partial charge is 0.0921 e. The topological polar surface area (TPSA) is 25.8 Å². The molecule has 0 bridgehead atoms. The van der Waals surface area contributed by atoms with E-state index in [0.29, 0.717) is 11.8 Å². The number of nitrogens with zero attached hydrogens (tertiary/aromatic N) is 2. The van der Waals surface area contributed by atoms with Crippen molar-refractivity contribution in [3.63, 3.8) is 0 Å². The van der Waals surface area contributed by atoms with Crippen LogP contribution in [0.5, 0.6) is 0 Å². The number of hydrogen-bond acceptors (Lipinski definition) is 2. The van der Waals surface area contributed by atoms with E-state index in [1.165, 1.54) is 0 Å². The number of aryl methyl sites for hydroxylation is 2. The van der Waals surface area contributed by atoms with Gasteiger partial charge in [0.15, 0.2) is 0 Å². The van der Waals surface area contributed by atoms with Crippen molar-refractivity contribution >= 4 is 23.2 Å². The minimum absolute atomic E-state index is 0.580. The first-order valence-electron chi connectivity index (χ1n) is 5.87. The third-order valence-corrected chi connectivity index (χ3v) is 3.11. The van der Waals surface area contributed by atoms with Crippen LogP contribution in [0.25, 0.3) is 11.4 Å². The molecule has 0 aromatic carbocycles. The van der Waals surface area contributed by atoms with Crippen molar-refractivity contribution in [3.8, 4) is 11.4 Å². The van der Waals surface area contributed by atoms with Gasteiger partial charge >= 0.3 is 0 Å². The van der Waals surface area contributed by atoms with Gasteiger partial charge in [0.2, 0.25) is 0 Å². The summed E-state index contributed by atoms with van der Waals surface area (Å²) in [5.74, 6) is 1.16. The lowest BCUT2D eigenvalue weighted by Crippen LogP contribution is -2.00. The van der Waals surface area contributed by atoms with Gasteiger partial charge in [-0.2, -0.15) is 0 Å². The molecule has 2 rings (SSSR count). The summed E-state index contributed by atoms with van der Waals surface area (Å²) in [6.07, 6.45) is 5.15. The van der Waals surface area contributed by atoms with E-state index < -0.39 is 0 Å². The third kappa shape index (κ3) is 3.01. The number of pyridine rings is 2. The van der Waals surface area contributed by atoms with Gasteiger partial charge in [-0.25, -0.2) is 0 Å². The summed E-state index contributed by atoms with van der Waals surface area (Å²) < 4.78 is 0. The Balaban J connectivity index is 2.47. The number of halogens is 2. The molecule has 0 radical (unpaired) electrons. The molecule has 2 aromatic rings. The molecule has 4 heteroatoms. The summed E-state index contributed by atoms with van der Waals surface area (Å²) in [5.41, 5.74) is 4.08. The summed E-state index contributed by atoms with van der Waals surface area (Å²) in [5, 5.41) is 0. The first-order chi connectivity index (χ1) is 8.86. The van der Waals surface area contributed by atoms with Crippen LogP contribution in [0.3, 0.4) is 0 Å². The van der Waals surface area contributed by atoms with E-state index in [2.05, 4.69) is 9.97 Å². The summed E-state index contributed by atoms with van der Waals surface area (Å²) in [6, 6.07) is 7.94. The Bertz CT molecular complexity index is 467. The molecule has 2 nitrogen and oxygen atoms in total. The van der Waals surface area contributed by atoms with E-state index in [1.807, 2.05) is 24.3 Å². The highest BCUT2D eigenvalue weighted by Gasteiger charge is 2.11. The lowest BCUT2D eigenvalue weighted by molar-refractivity contribution is 1.07. The van der Waals surface area contributed by atoms with Gasteiger partial charge in [0.1, 0.15) is 0 Å². The Morgan fingerprint density at radius 3 is 1.61 bits per heavy atom. The average Bonchev–Trinajstić information content (AvgIpc) is 2.41. The van der Waals surface area contributed by atoms with Gasteiger partial charge in [0.05, 0.1) is 11.4 Å². The Labute approximate surface area is 117 Å². The zero-order valence-corrected chi connectivity index (χ0v) is 11.5. The maximum atomic E-state index is 5.83. The zero-order chi connectivity index (χ0) is 12.8. The van der Waals surface area contributed by atoms with Crippen molar-refractivity contribution in [2.75, 3.05) is 11.8 Å². The molecule has 0 aliphatic heterocycles. The first kappa shape index (κ1) is 13.3. The minimum atomic E-state index is 0.580. The van der Waals surface area contributed by atoms with E-state index in [0.717, 1.165) is 35.4 Å². The van der Waals surface area contributed by atoms with Crippen LogP contribution in [-0.4, -0.2) is 21.7 Å². The van der Waals surface area contributed by atoms with Crippen molar-refractivity contribution < 1.29 is 0 Å². The monoisotopic (exact) mass is 280 g/mol. The minimum Gasteiger partial charge on any atom is -0.254 e. The zero-order valence-electron chi connectivity index (χ0n) is 9.94. The summed E-state index contributed by atoms with van der Waals surface area (Å²) in [6.45, 7) is 0. The van der Waals surface area contributed by atoms with Gasteiger partial charge in [-0.1, -0.05) is 12.1 Å². The van der Waals surface area contributed by atoms with Crippen molar-refractivity contribution in [2.24, 2.45) is 0 Å². The molecular formula is C14H14Cl2N2. The standard InChI is InChI=1S/C14H14Cl2N2/c15-7-5-11-3-1-9-17-13(11)14-12(6-8-16)4-2-10-18-14/h1-4,9-10H,5-8H2. The highest BCUT2D eigenvalue weighted by atomic mass is 35.5. The Hall–Kier alpha value is -1.12. The maximum Gasteiger partial charge on any atom is 0.0921 e. The van der Waals surface area contributed by atoms with E-state index in [4.69, 9.17) is 23.2 Å². The molecule has 0 atom stereocenters. The van der Waals surface area contributed by atoms with Crippen LogP contribution >= 0.6 is 23.2 Å². The van der Waals surface area contributed by atoms with Gasteiger partial charge in [-0.3, -0.25) is 9.97 Å². The molecule has 2 heterocycles. The fraction of sp³-hybridized carbons (Fsp3) is 0.286. The lowest BCUT2D eigenvalue weighted by Gasteiger charge is -2.10. The first-order valence-corrected chi connectivity index (χ1v) is 6.93. The van der Waals surface area contributed by atoms with E-state index in [9.17, 15) is 0 Å². The average molecular weight is 281 g/mol. The fourth-order valence-corrected chi connectivity index (χ4v) is 2.32. The van der Waals surface area contributed by atoms with Crippen LogP contribution in [0.2, 0.25) is 0 Å². The highest BCUT2D eigenvalue weighted by Crippen LogP contribution is 2.23. The van der Waals surface area contributed by atoms with Crippen LogP contribution in [-0.2, 0) is 12.8 Å². The molecule has 0 saturated heterocycles. The van der Waals surface area contributed by atoms with Gasteiger partial charge in [0, 0.05) is 24.2 Å². The Kier molecular flexibility index (Phi) is 4.97. The summed E-state index contributed by atoms with van der Waals surface area (Å²) in [7, 11) is 0. The van der Waals surface area contributed by atoms with E-state index >= 15 is 0 Å². The maximum absolute atomic E-state index is 5.83. The molecule has 94 valence electrons. The highest BCUT2D eigenvalue weighted by molar-refractivity contribution is 6.18. The second-order valence-electron chi connectivity index (χ2n) is 3.90. The predicted molar refractivity (Wildman–Crippen MR) is 76.3 cm³/mol. The fourth-order valence-electron chi connectivity index (χ4n) is 1.91. The molecule has 0 unspecified atom stereocenters. The van der Waals surface area contributed by atoms with Crippen molar-refractivity contribution in [3.05, 3.63) is 47.8 Å². The number of rotatable bonds is 5. The molecule has 0 saturated carbocycles. The quantitative estimate of drug-likeness (QED) is 0.781. The van der Waals surface area contributed by atoms with Crippen molar-refractivity contribution in [1.29, 1.82) is 0 Å². The summed E-state index contributed by atoms with van der Waals surface area (Å²) in [4.78, 5) is 8.89. The molecule has 0 aliphatic rings. The Morgan fingerprint density at radius 1 is 0.778 bits per heavy atom. The molecule has 18 heavy (non-hydrogen) atoms. The lowest BCUT2D eigenvalue weighted by atomic mass is 10.0. The van der Waals surface area contributed by atoms with Crippen LogP contribution in [0.4, 0.5) is 0 Å². The number of aromatic nitrogens is 2. The SMILES string of the molecule is ClCCc1cccnc1-c1ncccc1CCCl. The van der Waals surface area contributed by atoms with Crippen LogP contribution < -0.4 is 0 Å². The largest absolute Gasteiger partial charge is 0.254 e. The normalized spacial score (nSPS) is 10.6. The van der Waals surface area contributed by atoms with Crippen LogP contribution in [0.1, 0.15) is 11.1 Å². The van der Waals surface area contributed by atoms with Gasteiger partial charge in [0.25, 0.3) is 0 Å². The molecule has 0 spiro atoms. The molecular weight excluding hydrogens is 267 g/mol. The molecule has 0 aliphatic carbocycles. The molecule has 2 aromatic heterocycles. The van der Waals surface area contributed by atoms with Crippen molar-refractivity contribution in [1.82, 2.24) is 9.97 Å². The van der Waals surface area contributed by atoms with Gasteiger partial charge in [-0.15, -0.1) is 23.2 Å². The molecule has 0 amide bonds. The van der Waals surface area contributed by atoms with E-state index in [1.54, 1.807) is 12.4 Å². The number of alkyl halides is 2. The third-order valence-electron chi connectivity index (χ3n) is 2.73. The second kappa shape index (κ2) is 6.72. The molecule has 0 fully saturated rings. The molecule has 0 N–H and O–H groups in total. The summed E-state index contributed by atoms with van der Waals surface area (Å²) >= 11 is 11.7. The van der Waals surface area contributed by atoms with Crippen molar-refractivity contribution in [2.45, 2.75) is 12.8 Å². The van der Waals surface area contributed by atoms with E-state index in [-0.39, 0.29) is 0 Å². The predicted octanol–water partition coefficient (Wildman–Crippen LogP) is 3.71. The van der Waals surface area contributed by atoms with Gasteiger partial charge in [-0.05, 0) is 36.1 Å². The van der Waals surface area contributed by atoms with Crippen LogP contribution in [0, 0.1) is 0 Å². The van der Waals surface area contributed by atoms with Crippen LogP contribution in [0.15, 0.2) is 36.7 Å². The second-order valence-corrected chi connectivity index (χ2v) is 4.66. The Morgan fingerprint density at radius 2 is 1.22 bits per heavy atom.